The average Bonchev–Trinajstić information content (AvgIpc) is 2.72. The molecule has 0 aliphatic carbocycles. The molecule has 0 bridgehead atoms. The molecule has 1 aliphatic heterocycles. The molecule has 0 saturated carbocycles. The van der Waals surface area contributed by atoms with Gasteiger partial charge < -0.3 is 14.7 Å². The number of ether oxygens (including phenoxy) is 1. The van der Waals surface area contributed by atoms with Crippen molar-refractivity contribution in [2.45, 2.75) is 45.4 Å². The van der Waals surface area contributed by atoms with Gasteiger partial charge in [0.2, 0.25) is 0 Å². The number of aliphatic hydroxyl groups excluding tert-OH is 1. The van der Waals surface area contributed by atoms with Crippen molar-refractivity contribution in [3.8, 4) is 0 Å². The van der Waals surface area contributed by atoms with Gasteiger partial charge in [-0.3, -0.25) is 5.32 Å². The topological polar surface area (TPSA) is 44.7 Å². The molecule has 2 rings (SSSR count). The molecule has 4 nitrogen and oxygen atoms in total. The Hall–Kier alpha value is -2.11. The summed E-state index contributed by atoms with van der Waals surface area (Å²) in [4.78, 5) is 2.28. The number of hydrogen-bond donors (Lipinski definition) is 2. The summed E-state index contributed by atoms with van der Waals surface area (Å²) in [5.74, 6) is 0.592. The van der Waals surface area contributed by atoms with Crippen molar-refractivity contribution in [3.05, 3.63) is 66.0 Å². The molecule has 1 heterocycles. The van der Waals surface area contributed by atoms with Crippen molar-refractivity contribution in [1.82, 2.24) is 5.32 Å². The second kappa shape index (κ2) is 11.0. The Morgan fingerprint density at radius 3 is 2.50 bits per heavy atom. The van der Waals surface area contributed by atoms with Crippen LogP contribution in [-0.2, 0) is 4.74 Å². The van der Waals surface area contributed by atoms with Gasteiger partial charge in [0.25, 0.3) is 0 Å². The molecule has 2 N–H and O–H groups in total. The number of allylic oxidation sites excluding steroid dienone is 1. The fourth-order valence-electron chi connectivity index (χ4n) is 3.39. The van der Waals surface area contributed by atoms with Gasteiger partial charge in [0.05, 0.1) is 12.6 Å². The molecular formula is C23H33FN2O2. The van der Waals surface area contributed by atoms with Crippen LogP contribution in [0.2, 0.25) is 0 Å². The lowest BCUT2D eigenvalue weighted by Gasteiger charge is -2.34. The summed E-state index contributed by atoms with van der Waals surface area (Å²) in [5, 5.41) is 12.9. The van der Waals surface area contributed by atoms with Gasteiger partial charge in [-0.15, -0.1) is 0 Å². The van der Waals surface area contributed by atoms with Gasteiger partial charge in [0.15, 0.2) is 0 Å². The van der Waals surface area contributed by atoms with Crippen LogP contribution in [0.1, 0.15) is 38.8 Å². The quantitative estimate of drug-likeness (QED) is 0.587. The predicted octanol–water partition coefficient (Wildman–Crippen LogP) is 4.30. The molecule has 0 fully saturated rings. The molecule has 0 aromatic heterocycles. The van der Waals surface area contributed by atoms with E-state index in [0.29, 0.717) is 5.76 Å². The van der Waals surface area contributed by atoms with E-state index >= 15 is 0 Å². The number of benzene rings is 1. The van der Waals surface area contributed by atoms with Crippen molar-refractivity contribution in [2.24, 2.45) is 0 Å². The van der Waals surface area contributed by atoms with Crippen molar-refractivity contribution in [2.75, 3.05) is 31.3 Å². The van der Waals surface area contributed by atoms with Gasteiger partial charge in [0, 0.05) is 24.8 Å². The lowest BCUT2D eigenvalue weighted by Crippen LogP contribution is -2.39. The summed E-state index contributed by atoms with van der Waals surface area (Å²) >= 11 is 0. The Labute approximate surface area is 168 Å². The van der Waals surface area contributed by atoms with E-state index in [4.69, 9.17) is 4.74 Å². The molecule has 1 aromatic carbocycles. The molecule has 28 heavy (non-hydrogen) atoms. The third-order valence-corrected chi connectivity index (χ3v) is 5.07. The molecule has 0 radical (unpaired) electrons. The first-order chi connectivity index (χ1) is 13.6. The molecular weight excluding hydrogens is 355 g/mol. The zero-order chi connectivity index (χ0) is 20.5. The van der Waals surface area contributed by atoms with Gasteiger partial charge in [-0.25, -0.2) is 4.39 Å². The molecule has 154 valence electrons. The zero-order valence-corrected chi connectivity index (χ0v) is 17.2. The largest absolute Gasteiger partial charge is 0.488 e. The van der Waals surface area contributed by atoms with Gasteiger partial charge >= 0.3 is 0 Å². The molecule has 1 unspecified atom stereocenters. The van der Waals surface area contributed by atoms with E-state index in [1.807, 2.05) is 19.1 Å². The number of nitrogens with zero attached hydrogens (tertiary/aromatic N) is 1. The van der Waals surface area contributed by atoms with E-state index in [-0.39, 0.29) is 18.7 Å². The van der Waals surface area contributed by atoms with E-state index in [9.17, 15) is 9.50 Å². The van der Waals surface area contributed by atoms with Crippen LogP contribution < -0.4 is 10.2 Å². The van der Waals surface area contributed by atoms with Gasteiger partial charge in [-0.1, -0.05) is 30.9 Å². The highest BCUT2D eigenvalue weighted by atomic mass is 19.1. The number of alkyl halides is 1. The fraction of sp³-hybridized carbons (Fsp3) is 0.478. The maximum absolute atomic E-state index is 13.1. The summed E-state index contributed by atoms with van der Waals surface area (Å²) < 4.78 is 18.9. The summed E-state index contributed by atoms with van der Waals surface area (Å²) in [6, 6.07) is 8.22. The fourth-order valence-corrected chi connectivity index (χ4v) is 3.39. The third kappa shape index (κ3) is 5.46. The Bertz CT molecular complexity index is 676. The molecule has 0 saturated heterocycles. The summed E-state index contributed by atoms with van der Waals surface area (Å²) in [7, 11) is 0. The highest BCUT2D eigenvalue weighted by Crippen LogP contribution is 2.32. The molecule has 3 atom stereocenters. The molecule has 0 spiro atoms. The smallest absolute Gasteiger partial charge is 0.149 e. The molecule has 1 aromatic rings. The van der Waals surface area contributed by atoms with Crippen LogP contribution >= 0.6 is 0 Å². The van der Waals surface area contributed by atoms with Crippen LogP contribution in [-0.4, -0.2) is 43.6 Å². The van der Waals surface area contributed by atoms with E-state index in [2.05, 4.69) is 61.0 Å². The lowest BCUT2D eigenvalue weighted by atomic mass is 9.93. The second-order valence-corrected chi connectivity index (χ2v) is 6.92. The van der Waals surface area contributed by atoms with E-state index in [1.54, 1.807) is 0 Å². The minimum absolute atomic E-state index is 0.0777. The Kier molecular flexibility index (Phi) is 8.74. The Morgan fingerprint density at radius 2 is 1.96 bits per heavy atom. The van der Waals surface area contributed by atoms with Crippen molar-refractivity contribution in [1.29, 1.82) is 0 Å². The highest BCUT2D eigenvalue weighted by molar-refractivity contribution is 5.49. The minimum atomic E-state index is -0.870. The molecule has 0 amide bonds. The molecule has 1 aliphatic rings. The van der Waals surface area contributed by atoms with Gasteiger partial charge in [0.1, 0.15) is 18.5 Å². The van der Waals surface area contributed by atoms with Crippen molar-refractivity contribution in [3.63, 3.8) is 0 Å². The Morgan fingerprint density at radius 1 is 1.29 bits per heavy atom. The summed E-state index contributed by atoms with van der Waals surface area (Å²) in [5.41, 5.74) is 3.10. The first kappa shape index (κ1) is 22.2. The number of hydrogen-bond acceptors (Lipinski definition) is 4. The standard InChI is InChI=1S/C23H33FN2O2/c1-5-8-9-21-17(4)14-22(28-20(15-24)16-27)23(25-21)18-10-12-19(13-11-18)26(6-2)7-3/h5,8,10-14,20-21,23,25,27H,4,6-7,9,15-16H2,1-3H3/b8-5-/t20?,21-,23+/m0/s1. The monoisotopic (exact) mass is 388 g/mol. The number of aliphatic hydroxyl groups is 1. The van der Waals surface area contributed by atoms with E-state index in [1.165, 1.54) is 5.69 Å². The van der Waals surface area contributed by atoms with Crippen LogP contribution in [0.15, 0.2) is 60.4 Å². The Balaban J connectivity index is 2.32. The van der Waals surface area contributed by atoms with Crippen molar-refractivity contribution < 1.29 is 14.2 Å². The average molecular weight is 389 g/mol. The maximum atomic E-state index is 13.1. The summed E-state index contributed by atoms with van der Waals surface area (Å²) in [6.07, 6.45) is 5.95. The van der Waals surface area contributed by atoms with Crippen molar-refractivity contribution >= 4 is 5.69 Å². The lowest BCUT2D eigenvalue weighted by molar-refractivity contribution is 0.0293. The normalized spacial score (nSPS) is 20.9. The van der Waals surface area contributed by atoms with Gasteiger partial charge in [-0.05, 0) is 56.5 Å². The number of halogens is 1. The van der Waals surface area contributed by atoms with E-state index in [0.717, 1.165) is 30.6 Å². The van der Waals surface area contributed by atoms with Crippen LogP contribution in [0, 0.1) is 0 Å². The predicted molar refractivity (Wildman–Crippen MR) is 114 cm³/mol. The number of anilines is 1. The maximum Gasteiger partial charge on any atom is 0.149 e. The highest BCUT2D eigenvalue weighted by Gasteiger charge is 2.29. The third-order valence-electron chi connectivity index (χ3n) is 5.07. The molecule has 5 heteroatoms. The van der Waals surface area contributed by atoms with Gasteiger partial charge in [-0.2, -0.15) is 0 Å². The summed E-state index contributed by atoms with van der Waals surface area (Å²) in [6.45, 7) is 11.2. The van der Waals surface area contributed by atoms with Crippen LogP contribution in [0.25, 0.3) is 0 Å². The minimum Gasteiger partial charge on any atom is -0.488 e. The SMILES string of the molecule is C=C1C=C(OC(CO)CF)[C@@H](c2ccc(N(CC)CC)cc2)N[C@H]1C/C=C\C. The van der Waals surface area contributed by atoms with E-state index < -0.39 is 12.8 Å². The number of rotatable bonds is 10. The second-order valence-electron chi connectivity index (χ2n) is 6.92. The first-order valence-corrected chi connectivity index (χ1v) is 10.0. The van der Waals surface area contributed by atoms with Crippen LogP contribution in [0.4, 0.5) is 10.1 Å². The van der Waals surface area contributed by atoms with Crippen LogP contribution in [0.5, 0.6) is 0 Å². The number of nitrogens with one attached hydrogen (secondary N) is 1. The zero-order valence-electron chi connectivity index (χ0n) is 17.2. The van der Waals surface area contributed by atoms with Crippen LogP contribution in [0.3, 0.4) is 0 Å². The first-order valence-electron chi connectivity index (χ1n) is 10.0.